The Bertz CT molecular complexity index is 1700. The average Bonchev–Trinajstić information content (AvgIpc) is 3.40. The number of pyridine rings is 1. The van der Waals surface area contributed by atoms with Crippen LogP contribution >= 0.6 is 11.8 Å². The summed E-state index contributed by atoms with van der Waals surface area (Å²) in [4.78, 5) is 52.2. The van der Waals surface area contributed by atoms with Crippen LogP contribution in [0.25, 0.3) is 17.3 Å². The molecule has 0 saturated carbocycles. The van der Waals surface area contributed by atoms with E-state index in [2.05, 4.69) is 41.9 Å². The summed E-state index contributed by atoms with van der Waals surface area (Å²) in [5.74, 6) is 0.670. The summed E-state index contributed by atoms with van der Waals surface area (Å²) in [6.45, 7) is 3.81. The van der Waals surface area contributed by atoms with E-state index in [-0.39, 0.29) is 11.1 Å². The number of aromatic nitrogens is 3. The molecule has 228 valence electrons. The zero-order valence-corrected chi connectivity index (χ0v) is 25.4. The van der Waals surface area contributed by atoms with Crippen LogP contribution in [0.5, 0.6) is 0 Å². The van der Waals surface area contributed by atoms with Gasteiger partial charge in [0.05, 0.1) is 16.3 Å². The van der Waals surface area contributed by atoms with E-state index in [9.17, 15) is 14.4 Å². The molecule has 0 bridgehead atoms. The Morgan fingerprint density at radius 1 is 0.956 bits per heavy atom. The van der Waals surface area contributed by atoms with Gasteiger partial charge in [0.1, 0.15) is 0 Å². The van der Waals surface area contributed by atoms with Crippen molar-refractivity contribution in [3.63, 3.8) is 0 Å². The van der Waals surface area contributed by atoms with Gasteiger partial charge in [-0.05, 0) is 78.5 Å². The smallest absolute Gasteiger partial charge is 0.290 e. The summed E-state index contributed by atoms with van der Waals surface area (Å²) in [7, 11) is 0. The number of thioether (sulfide) groups is 1. The highest BCUT2D eigenvalue weighted by atomic mass is 32.2. The number of benzene rings is 2. The second-order valence-electron chi connectivity index (χ2n) is 11.0. The van der Waals surface area contributed by atoms with Gasteiger partial charge in [-0.1, -0.05) is 48.5 Å². The molecule has 0 spiro atoms. The number of rotatable bonds is 10. The average molecular weight is 620 g/mol. The van der Waals surface area contributed by atoms with Crippen molar-refractivity contribution in [2.75, 3.05) is 24.5 Å². The Labute approximate surface area is 265 Å². The maximum Gasteiger partial charge on any atom is 0.290 e. The Morgan fingerprint density at radius 2 is 1.80 bits per heavy atom. The minimum absolute atomic E-state index is 0.112. The summed E-state index contributed by atoms with van der Waals surface area (Å²) < 4.78 is 0. The Morgan fingerprint density at radius 3 is 2.56 bits per heavy atom. The molecule has 0 atom stereocenters. The van der Waals surface area contributed by atoms with Gasteiger partial charge >= 0.3 is 0 Å². The van der Waals surface area contributed by atoms with E-state index >= 15 is 0 Å². The molecule has 0 aliphatic carbocycles. The number of carbonyl (C=O) groups excluding carboxylic acids is 3. The molecule has 0 unspecified atom stereocenters. The third-order valence-electron chi connectivity index (χ3n) is 7.79. The normalized spacial score (nSPS) is 16.2. The van der Waals surface area contributed by atoms with Crippen molar-refractivity contribution in [3.05, 3.63) is 112 Å². The van der Waals surface area contributed by atoms with E-state index in [1.807, 2.05) is 66.9 Å². The highest BCUT2D eigenvalue weighted by molar-refractivity contribution is 8.18. The first-order valence-corrected chi connectivity index (χ1v) is 15.7. The molecule has 4 aromatic rings. The molecule has 2 fully saturated rings. The monoisotopic (exact) mass is 619 g/mol. The van der Waals surface area contributed by atoms with E-state index in [4.69, 9.17) is 0 Å². The molecule has 11 heteroatoms. The highest BCUT2D eigenvalue weighted by Gasteiger charge is 2.26. The highest BCUT2D eigenvalue weighted by Crippen LogP contribution is 2.26. The lowest BCUT2D eigenvalue weighted by atomic mass is 9.97. The van der Waals surface area contributed by atoms with Crippen LogP contribution in [0.15, 0.2) is 90.1 Å². The van der Waals surface area contributed by atoms with Gasteiger partial charge in [-0.3, -0.25) is 24.7 Å². The third-order valence-corrected chi connectivity index (χ3v) is 8.60. The van der Waals surface area contributed by atoms with Gasteiger partial charge < -0.3 is 15.5 Å². The Kier molecular flexibility index (Phi) is 9.57. The largest absolute Gasteiger partial charge is 0.348 e. The van der Waals surface area contributed by atoms with Crippen LogP contribution < -0.4 is 20.9 Å². The number of nitrogens with zero attached hydrogens (tertiary/aromatic N) is 4. The minimum atomic E-state index is -0.392. The quantitative estimate of drug-likeness (QED) is 0.215. The first-order valence-electron chi connectivity index (χ1n) is 14.9. The molecule has 3 N–H and O–H groups in total. The van der Waals surface area contributed by atoms with Crippen molar-refractivity contribution in [3.8, 4) is 11.3 Å². The van der Waals surface area contributed by atoms with E-state index < -0.39 is 5.91 Å². The molecule has 2 aromatic carbocycles. The summed E-state index contributed by atoms with van der Waals surface area (Å²) in [6.07, 6.45) is 7.22. The predicted octanol–water partition coefficient (Wildman–Crippen LogP) is 4.80. The van der Waals surface area contributed by atoms with Gasteiger partial charge in [0.2, 0.25) is 5.95 Å². The molecular weight excluding hydrogens is 586 g/mol. The second kappa shape index (κ2) is 14.3. The van der Waals surface area contributed by atoms with Crippen LogP contribution in [0.4, 0.5) is 10.7 Å². The number of amides is 3. The van der Waals surface area contributed by atoms with Gasteiger partial charge in [-0.2, -0.15) is 0 Å². The first kappa shape index (κ1) is 30.2. The molecule has 45 heavy (non-hydrogen) atoms. The lowest BCUT2D eigenvalue weighted by molar-refractivity contribution is -0.115. The van der Waals surface area contributed by atoms with Crippen LogP contribution in [-0.2, 0) is 17.9 Å². The number of hydrogen-bond donors (Lipinski definition) is 3. The van der Waals surface area contributed by atoms with Gasteiger partial charge in [-0.15, -0.1) is 0 Å². The number of anilines is 1. The van der Waals surface area contributed by atoms with Crippen LogP contribution in [-0.4, -0.2) is 51.6 Å². The standard InChI is InChI=1S/C34H33N7O3S/c42-31(38-21-23-5-2-1-3-6-23)27-8-4-7-26(17-27)29-10-9-25(22-37-29)20-35-19-24-12-15-41(16-13-24)33-36-14-11-28(39-33)18-30-32(43)40-34(44)45-30/h1-11,14,17-18,22,24,35H,12-13,15-16,19-21H2,(H,38,42)(H,40,43,44)/b30-18-. The zero-order valence-electron chi connectivity index (χ0n) is 24.6. The number of piperidine rings is 1. The van der Waals surface area contributed by atoms with Gasteiger partial charge in [0.15, 0.2) is 0 Å². The van der Waals surface area contributed by atoms with Gasteiger partial charge in [0.25, 0.3) is 17.1 Å². The van der Waals surface area contributed by atoms with Crippen LogP contribution in [0.2, 0.25) is 0 Å². The summed E-state index contributed by atoms with van der Waals surface area (Å²) in [5.41, 5.74) is 5.09. The second-order valence-corrected chi connectivity index (χ2v) is 12.0. The van der Waals surface area contributed by atoms with Crippen molar-refractivity contribution in [2.45, 2.75) is 25.9 Å². The lowest BCUT2D eigenvalue weighted by Crippen LogP contribution is -2.38. The molecule has 2 aliphatic heterocycles. The molecule has 10 nitrogen and oxygen atoms in total. The zero-order chi connectivity index (χ0) is 31.0. The minimum Gasteiger partial charge on any atom is -0.348 e. The number of carbonyl (C=O) groups is 3. The van der Waals surface area contributed by atoms with E-state index in [0.29, 0.717) is 34.6 Å². The van der Waals surface area contributed by atoms with Gasteiger partial charge in [0, 0.05) is 49.7 Å². The number of hydrogen-bond acceptors (Lipinski definition) is 9. The van der Waals surface area contributed by atoms with Crippen molar-refractivity contribution < 1.29 is 14.4 Å². The van der Waals surface area contributed by atoms with Crippen molar-refractivity contribution in [1.29, 1.82) is 0 Å². The maximum absolute atomic E-state index is 12.7. The first-order chi connectivity index (χ1) is 22.0. The Hall–Kier alpha value is -4.87. The van der Waals surface area contributed by atoms with Gasteiger partial charge in [-0.25, -0.2) is 9.97 Å². The molecule has 2 aromatic heterocycles. The molecule has 3 amide bonds. The Balaban J connectivity index is 0.954. The number of imide groups is 1. The molecular formula is C34H33N7O3S. The SMILES string of the molecule is O=C1NC(=O)/C(=C/c2ccnc(N3CCC(CNCc4ccc(-c5cccc(C(=O)NCc6ccccc6)c5)nc4)CC3)n2)S1. The number of nitrogens with one attached hydrogen (secondary N) is 3. The lowest BCUT2D eigenvalue weighted by Gasteiger charge is -2.32. The van der Waals surface area contributed by atoms with Crippen molar-refractivity contribution in [2.24, 2.45) is 5.92 Å². The third kappa shape index (κ3) is 8.00. The van der Waals surface area contributed by atoms with E-state index in [1.54, 1.807) is 18.3 Å². The van der Waals surface area contributed by atoms with Crippen molar-refractivity contribution in [1.82, 2.24) is 30.9 Å². The van der Waals surface area contributed by atoms with E-state index in [0.717, 1.165) is 73.2 Å². The summed E-state index contributed by atoms with van der Waals surface area (Å²) in [6, 6.07) is 23.2. The van der Waals surface area contributed by atoms with Crippen LogP contribution in [0, 0.1) is 5.92 Å². The van der Waals surface area contributed by atoms with Crippen LogP contribution in [0.1, 0.15) is 40.0 Å². The molecule has 4 heterocycles. The topological polar surface area (TPSA) is 129 Å². The molecule has 2 saturated heterocycles. The molecule has 6 rings (SSSR count). The molecule has 0 radical (unpaired) electrons. The van der Waals surface area contributed by atoms with Crippen molar-refractivity contribution >= 4 is 40.8 Å². The van der Waals surface area contributed by atoms with E-state index in [1.165, 1.54) is 0 Å². The predicted molar refractivity (Wildman–Crippen MR) is 175 cm³/mol. The fraction of sp³-hybridized carbons (Fsp3) is 0.235. The summed E-state index contributed by atoms with van der Waals surface area (Å²) in [5, 5.41) is 8.45. The molecule has 2 aliphatic rings. The fourth-order valence-electron chi connectivity index (χ4n) is 5.31. The summed E-state index contributed by atoms with van der Waals surface area (Å²) >= 11 is 0.881. The fourth-order valence-corrected chi connectivity index (χ4v) is 5.97. The van der Waals surface area contributed by atoms with Crippen LogP contribution in [0.3, 0.4) is 0 Å². The maximum atomic E-state index is 12.7.